The van der Waals surface area contributed by atoms with Crippen LogP contribution in [0.3, 0.4) is 0 Å². The van der Waals surface area contributed by atoms with Gasteiger partial charge in [-0.1, -0.05) is 0 Å². The minimum Gasteiger partial charge on any atom is -0.390 e. The maximum Gasteiger partial charge on any atom is 0.177 e. The van der Waals surface area contributed by atoms with Crippen LogP contribution in [0.5, 0.6) is 0 Å². The number of rotatable bonds is 3. The molecule has 2 rings (SSSR count). The smallest absolute Gasteiger partial charge is 0.177 e. The molecule has 2 aromatic rings. The van der Waals surface area contributed by atoms with Crippen molar-refractivity contribution < 1.29 is 5.11 Å². The summed E-state index contributed by atoms with van der Waals surface area (Å²) in [6, 6.07) is 0. The highest BCUT2D eigenvalue weighted by molar-refractivity contribution is 7.71. The standard InChI is InChI=1S/C10H12N2OS2/c1-7-5-15-6-8(7)3-12-9(4-13)2-11-10(12)14/h2,5-6,13H,3-4H2,1H3,(H,11,14). The number of imidazole rings is 1. The number of thiophene rings is 1. The highest BCUT2D eigenvalue weighted by Crippen LogP contribution is 2.16. The molecule has 0 unspecified atom stereocenters. The Morgan fingerprint density at radius 1 is 1.53 bits per heavy atom. The molecule has 0 aromatic carbocycles. The number of H-pyrrole nitrogens is 1. The lowest BCUT2D eigenvalue weighted by atomic mass is 10.2. The van der Waals surface area contributed by atoms with Crippen LogP contribution < -0.4 is 0 Å². The van der Waals surface area contributed by atoms with Gasteiger partial charge in [-0.3, -0.25) is 0 Å². The van der Waals surface area contributed by atoms with E-state index in [-0.39, 0.29) is 6.61 Å². The van der Waals surface area contributed by atoms with E-state index in [1.165, 1.54) is 11.1 Å². The van der Waals surface area contributed by atoms with Crippen LogP contribution in [0.1, 0.15) is 16.8 Å². The van der Waals surface area contributed by atoms with Gasteiger partial charge in [0, 0.05) is 6.20 Å². The van der Waals surface area contributed by atoms with Gasteiger partial charge in [-0.2, -0.15) is 11.3 Å². The Morgan fingerprint density at radius 2 is 2.33 bits per heavy atom. The number of aromatic amines is 1. The molecule has 0 atom stereocenters. The highest BCUT2D eigenvalue weighted by Gasteiger charge is 2.05. The molecule has 5 heteroatoms. The van der Waals surface area contributed by atoms with Crippen molar-refractivity contribution in [1.29, 1.82) is 0 Å². The predicted molar refractivity (Wildman–Crippen MR) is 63.7 cm³/mol. The van der Waals surface area contributed by atoms with E-state index in [4.69, 9.17) is 17.3 Å². The first kappa shape index (κ1) is 10.6. The summed E-state index contributed by atoms with van der Waals surface area (Å²) in [4.78, 5) is 2.94. The average Bonchev–Trinajstić information content (AvgIpc) is 2.77. The van der Waals surface area contributed by atoms with Gasteiger partial charge in [-0.05, 0) is 41.0 Å². The Balaban J connectivity index is 2.35. The Hall–Kier alpha value is -0.910. The molecule has 0 saturated carbocycles. The van der Waals surface area contributed by atoms with E-state index in [0.29, 0.717) is 4.77 Å². The molecule has 15 heavy (non-hydrogen) atoms. The summed E-state index contributed by atoms with van der Waals surface area (Å²) in [5, 5.41) is 13.4. The fourth-order valence-corrected chi connectivity index (χ4v) is 2.54. The van der Waals surface area contributed by atoms with Crippen molar-refractivity contribution in [2.75, 3.05) is 0 Å². The van der Waals surface area contributed by atoms with Gasteiger partial charge in [-0.15, -0.1) is 0 Å². The summed E-state index contributed by atoms with van der Waals surface area (Å²) >= 11 is 6.84. The first-order valence-corrected chi connectivity index (χ1v) is 5.97. The maximum absolute atomic E-state index is 9.15. The summed E-state index contributed by atoms with van der Waals surface area (Å²) in [5.41, 5.74) is 3.35. The SMILES string of the molecule is Cc1cscc1Cn1c(CO)c[nH]c1=S. The molecule has 0 fully saturated rings. The molecule has 0 aliphatic heterocycles. The first-order valence-electron chi connectivity index (χ1n) is 4.62. The van der Waals surface area contributed by atoms with Gasteiger partial charge < -0.3 is 14.7 Å². The number of aliphatic hydroxyl groups is 1. The third kappa shape index (κ3) is 2.04. The van der Waals surface area contributed by atoms with Crippen molar-refractivity contribution in [3.8, 4) is 0 Å². The maximum atomic E-state index is 9.15. The number of hydrogen-bond donors (Lipinski definition) is 2. The summed E-state index contributed by atoms with van der Waals surface area (Å²) in [7, 11) is 0. The largest absolute Gasteiger partial charge is 0.390 e. The molecular weight excluding hydrogens is 228 g/mol. The summed E-state index contributed by atoms with van der Waals surface area (Å²) < 4.78 is 2.58. The van der Waals surface area contributed by atoms with Crippen LogP contribution in [0.4, 0.5) is 0 Å². The van der Waals surface area contributed by atoms with Crippen molar-refractivity contribution in [1.82, 2.24) is 9.55 Å². The van der Waals surface area contributed by atoms with Crippen molar-refractivity contribution in [2.24, 2.45) is 0 Å². The van der Waals surface area contributed by atoms with Crippen LogP contribution in [0.25, 0.3) is 0 Å². The van der Waals surface area contributed by atoms with Crippen molar-refractivity contribution in [3.63, 3.8) is 0 Å². The summed E-state index contributed by atoms with van der Waals surface area (Å²) in [6.45, 7) is 2.82. The molecule has 0 radical (unpaired) electrons. The Bertz CT molecular complexity index is 509. The van der Waals surface area contributed by atoms with Gasteiger partial charge in [-0.25, -0.2) is 0 Å². The van der Waals surface area contributed by atoms with E-state index >= 15 is 0 Å². The van der Waals surface area contributed by atoms with E-state index < -0.39 is 0 Å². The molecule has 0 aliphatic rings. The second-order valence-corrected chi connectivity index (χ2v) is 4.54. The summed E-state index contributed by atoms with van der Waals surface area (Å²) in [5.74, 6) is 0. The van der Waals surface area contributed by atoms with E-state index in [1.54, 1.807) is 17.5 Å². The van der Waals surface area contributed by atoms with Crippen LogP contribution >= 0.6 is 23.6 Å². The van der Waals surface area contributed by atoms with E-state index in [0.717, 1.165) is 12.2 Å². The molecule has 80 valence electrons. The first-order chi connectivity index (χ1) is 7.22. The zero-order valence-corrected chi connectivity index (χ0v) is 9.99. The number of nitrogens with one attached hydrogen (secondary N) is 1. The third-order valence-corrected chi connectivity index (χ3v) is 3.65. The molecule has 2 N–H and O–H groups in total. The molecule has 0 saturated heterocycles. The van der Waals surface area contributed by atoms with E-state index in [9.17, 15) is 0 Å². The fraction of sp³-hybridized carbons (Fsp3) is 0.300. The van der Waals surface area contributed by atoms with Gasteiger partial charge in [0.15, 0.2) is 4.77 Å². The Labute approximate surface area is 97.0 Å². The average molecular weight is 240 g/mol. The zero-order valence-electron chi connectivity index (χ0n) is 8.36. The normalized spacial score (nSPS) is 10.8. The minimum absolute atomic E-state index is 0.0102. The number of aryl methyl sites for hydroxylation is 1. The second-order valence-electron chi connectivity index (χ2n) is 3.41. The molecule has 0 aliphatic carbocycles. The van der Waals surface area contributed by atoms with Gasteiger partial charge in [0.05, 0.1) is 18.8 Å². The molecule has 0 bridgehead atoms. The molecule has 2 aromatic heterocycles. The molecule has 0 amide bonds. The lowest BCUT2D eigenvalue weighted by Gasteiger charge is -2.05. The number of aliphatic hydroxyl groups excluding tert-OH is 1. The topological polar surface area (TPSA) is 41.0 Å². The third-order valence-electron chi connectivity index (χ3n) is 2.41. The zero-order chi connectivity index (χ0) is 10.8. The van der Waals surface area contributed by atoms with Crippen molar-refractivity contribution in [2.45, 2.75) is 20.1 Å². The van der Waals surface area contributed by atoms with Crippen LogP contribution in [0.15, 0.2) is 17.0 Å². The van der Waals surface area contributed by atoms with E-state index in [2.05, 4.69) is 22.7 Å². The lowest BCUT2D eigenvalue weighted by Crippen LogP contribution is -2.04. The number of aromatic nitrogens is 2. The number of hydrogen-bond acceptors (Lipinski definition) is 3. The van der Waals surface area contributed by atoms with E-state index in [1.807, 2.05) is 4.57 Å². The molecule has 0 spiro atoms. The lowest BCUT2D eigenvalue weighted by molar-refractivity contribution is 0.271. The minimum atomic E-state index is 0.0102. The highest BCUT2D eigenvalue weighted by atomic mass is 32.1. The molecular formula is C10H12N2OS2. The van der Waals surface area contributed by atoms with Crippen molar-refractivity contribution in [3.05, 3.63) is 38.5 Å². The van der Waals surface area contributed by atoms with Crippen LogP contribution in [-0.4, -0.2) is 14.7 Å². The Morgan fingerprint density at radius 3 is 2.93 bits per heavy atom. The Kier molecular flexibility index (Phi) is 3.04. The molecule has 3 nitrogen and oxygen atoms in total. The van der Waals surface area contributed by atoms with Crippen LogP contribution in [0, 0.1) is 11.7 Å². The second kappa shape index (κ2) is 4.30. The predicted octanol–water partition coefficient (Wildman–Crippen LogP) is 2.46. The monoisotopic (exact) mass is 240 g/mol. The van der Waals surface area contributed by atoms with Crippen LogP contribution in [0.2, 0.25) is 0 Å². The molecule has 2 heterocycles. The van der Waals surface area contributed by atoms with Crippen LogP contribution in [-0.2, 0) is 13.2 Å². The van der Waals surface area contributed by atoms with Gasteiger partial charge in [0.25, 0.3) is 0 Å². The van der Waals surface area contributed by atoms with Crippen molar-refractivity contribution >= 4 is 23.6 Å². The quantitative estimate of drug-likeness (QED) is 0.809. The number of nitrogens with zero attached hydrogens (tertiary/aromatic N) is 1. The fourth-order valence-electron chi connectivity index (χ4n) is 1.45. The van der Waals surface area contributed by atoms with Gasteiger partial charge in [0.1, 0.15) is 0 Å². The van der Waals surface area contributed by atoms with Gasteiger partial charge >= 0.3 is 0 Å². The van der Waals surface area contributed by atoms with Gasteiger partial charge in [0.2, 0.25) is 0 Å². The summed E-state index contributed by atoms with van der Waals surface area (Å²) in [6.07, 6.45) is 1.75.